The summed E-state index contributed by atoms with van der Waals surface area (Å²) in [5.74, 6) is -0.648. The standard InChI is InChI=1S/C11H5BrClFOS/c12-8-5-9(16-11(8)13)10(15)6-2-1-3-7(14)4-6/h1-5H. The van der Waals surface area contributed by atoms with Crippen molar-refractivity contribution in [2.75, 3.05) is 0 Å². The number of thiophene rings is 1. The van der Waals surface area contributed by atoms with Gasteiger partial charge in [-0.05, 0) is 34.1 Å². The van der Waals surface area contributed by atoms with E-state index < -0.39 is 5.82 Å². The van der Waals surface area contributed by atoms with Crippen molar-refractivity contribution in [3.8, 4) is 0 Å². The predicted octanol–water partition coefficient (Wildman–Crippen LogP) is 4.53. The summed E-state index contributed by atoms with van der Waals surface area (Å²) in [5.41, 5.74) is 0.324. The Bertz CT molecular complexity index is 533. The van der Waals surface area contributed by atoms with E-state index in [1.807, 2.05) is 0 Å². The normalized spacial score (nSPS) is 10.4. The molecule has 0 fully saturated rings. The molecule has 2 aromatic rings. The molecule has 0 aliphatic carbocycles. The molecular formula is C11H5BrClFOS. The monoisotopic (exact) mass is 318 g/mol. The number of carbonyl (C=O) groups excluding carboxylic acids is 1. The number of rotatable bonds is 2. The largest absolute Gasteiger partial charge is 0.288 e. The third-order valence-corrected chi connectivity index (χ3v) is 4.43. The van der Waals surface area contributed by atoms with Crippen LogP contribution in [0.25, 0.3) is 0 Å². The zero-order valence-electron chi connectivity index (χ0n) is 7.84. The Morgan fingerprint density at radius 3 is 2.69 bits per heavy atom. The van der Waals surface area contributed by atoms with Gasteiger partial charge in [-0.3, -0.25) is 4.79 Å². The average molecular weight is 320 g/mol. The van der Waals surface area contributed by atoms with E-state index in [0.29, 0.717) is 19.2 Å². The van der Waals surface area contributed by atoms with Crippen molar-refractivity contribution in [1.82, 2.24) is 0 Å². The molecule has 0 radical (unpaired) electrons. The van der Waals surface area contributed by atoms with Crippen LogP contribution in [-0.4, -0.2) is 5.78 Å². The number of hydrogen-bond acceptors (Lipinski definition) is 2. The molecule has 0 N–H and O–H groups in total. The highest BCUT2D eigenvalue weighted by Gasteiger charge is 2.14. The quantitative estimate of drug-likeness (QED) is 0.743. The fourth-order valence-electron chi connectivity index (χ4n) is 1.23. The lowest BCUT2D eigenvalue weighted by molar-refractivity contribution is 0.104. The maximum atomic E-state index is 12.9. The Morgan fingerprint density at radius 1 is 1.38 bits per heavy atom. The minimum atomic E-state index is -0.424. The summed E-state index contributed by atoms with van der Waals surface area (Å²) in [6.45, 7) is 0. The minimum Gasteiger partial charge on any atom is -0.288 e. The van der Waals surface area contributed by atoms with E-state index in [2.05, 4.69) is 15.9 Å². The molecular weight excluding hydrogens is 315 g/mol. The van der Waals surface area contributed by atoms with Crippen molar-refractivity contribution in [3.63, 3.8) is 0 Å². The summed E-state index contributed by atoms with van der Waals surface area (Å²) in [5, 5.41) is 0. The molecule has 1 aromatic carbocycles. The molecule has 82 valence electrons. The van der Waals surface area contributed by atoms with Crippen LogP contribution in [0, 0.1) is 5.82 Å². The molecule has 16 heavy (non-hydrogen) atoms. The van der Waals surface area contributed by atoms with Gasteiger partial charge in [0.2, 0.25) is 5.78 Å². The summed E-state index contributed by atoms with van der Waals surface area (Å²) in [4.78, 5) is 12.4. The van der Waals surface area contributed by atoms with Gasteiger partial charge in [0, 0.05) is 10.0 Å². The molecule has 0 saturated carbocycles. The lowest BCUT2D eigenvalue weighted by Crippen LogP contribution is -1.98. The second kappa shape index (κ2) is 4.65. The molecule has 0 spiro atoms. The van der Waals surface area contributed by atoms with Crippen LogP contribution in [0.1, 0.15) is 15.2 Å². The molecule has 0 amide bonds. The van der Waals surface area contributed by atoms with E-state index in [0.717, 1.165) is 0 Å². The van der Waals surface area contributed by atoms with E-state index in [4.69, 9.17) is 11.6 Å². The number of halogens is 3. The van der Waals surface area contributed by atoms with Crippen molar-refractivity contribution in [3.05, 3.63) is 55.4 Å². The molecule has 1 heterocycles. The van der Waals surface area contributed by atoms with Gasteiger partial charge < -0.3 is 0 Å². The Hall–Kier alpha value is -0.710. The maximum Gasteiger partial charge on any atom is 0.203 e. The second-order valence-corrected chi connectivity index (χ2v) is 5.58. The molecule has 1 aromatic heterocycles. The topological polar surface area (TPSA) is 17.1 Å². The van der Waals surface area contributed by atoms with Gasteiger partial charge in [-0.15, -0.1) is 11.3 Å². The Labute approximate surface area is 109 Å². The van der Waals surface area contributed by atoms with Crippen LogP contribution in [0.15, 0.2) is 34.8 Å². The van der Waals surface area contributed by atoms with Gasteiger partial charge in [0.05, 0.1) is 4.88 Å². The average Bonchev–Trinajstić information content (AvgIpc) is 2.58. The van der Waals surface area contributed by atoms with Crippen molar-refractivity contribution in [1.29, 1.82) is 0 Å². The number of benzene rings is 1. The Morgan fingerprint density at radius 2 is 2.12 bits per heavy atom. The smallest absolute Gasteiger partial charge is 0.203 e. The van der Waals surface area contributed by atoms with E-state index in [9.17, 15) is 9.18 Å². The first-order valence-electron chi connectivity index (χ1n) is 4.33. The van der Waals surface area contributed by atoms with E-state index >= 15 is 0 Å². The van der Waals surface area contributed by atoms with Crippen LogP contribution in [0.4, 0.5) is 4.39 Å². The van der Waals surface area contributed by atoms with Crippen molar-refractivity contribution in [2.45, 2.75) is 0 Å². The third kappa shape index (κ3) is 2.34. The molecule has 2 rings (SSSR count). The van der Waals surface area contributed by atoms with Crippen LogP contribution in [0.5, 0.6) is 0 Å². The predicted molar refractivity (Wildman–Crippen MR) is 66.9 cm³/mol. The molecule has 5 heteroatoms. The number of ketones is 1. The van der Waals surface area contributed by atoms with E-state index in [-0.39, 0.29) is 5.78 Å². The first kappa shape index (κ1) is 11.8. The van der Waals surface area contributed by atoms with Gasteiger partial charge in [0.25, 0.3) is 0 Å². The first-order chi connectivity index (χ1) is 7.58. The van der Waals surface area contributed by atoms with Gasteiger partial charge >= 0.3 is 0 Å². The van der Waals surface area contributed by atoms with Crippen LogP contribution in [-0.2, 0) is 0 Å². The van der Waals surface area contributed by atoms with Crippen LogP contribution >= 0.6 is 38.9 Å². The highest BCUT2D eigenvalue weighted by molar-refractivity contribution is 9.10. The molecule has 0 atom stereocenters. The molecule has 1 nitrogen and oxygen atoms in total. The van der Waals surface area contributed by atoms with Gasteiger partial charge in [-0.1, -0.05) is 23.7 Å². The van der Waals surface area contributed by atoms with E-state index in [1.165, 1.54) is 29.5 Å². The zero-order valence-corrected chi connectivity index (χ0v) is 11.0. The van der Waals surface area contributed by atoms with Gasteiger partial charge in [0.1, 0.15) is 10.2 Å². The van der Waals surface area contributed by atoms with Crippen molar-refractivity contribution in [2.24, 2.45) is 0 Å². The number of carbonyl (C=O) groups is 1. The third-order valence-electron chi connectivity index (χ3n) is 1.96. The summed E-state index contributed by atoms with van der Waals surface area (Å²) in [7, 11) is 0. The van der Waals surface area contributed by atoms with Crippen molar-refractivity contribution < 1.29 is 9.18 Å². The molecule has 0 unspecified atom stereocenters. The van der Waals surface area contributed by atoms with E-state index in [1.54, 1.807) is 12.1 Å². The zero-order chi connectivity index (χ0) is 11.7. The molecule has 0 aliphatic rings. The maximum absolute atomic E-state index is 12.9. The van der Waals surface area contributed by atoms with Gasteiger partial charge in [-0.25, -0.2) is 4.39 Å². The van der Waals surface area contributed by atoms with Crippen LogP contribution in [0.3, 0.4) is 0 Å². The fourth-order valence-corrected chi connectivity index (χ4v) is 2.89. The highest BCUT2D eigenvalue weighted by atomic mass is 79.9. The summed E-state index contributed by atoms with van der Waals surface area (Å²) in [6.07, 6.45) is 0. The number of hydrogen-bond donors (Lipinski definition) is 0. The van der Waals surface area contributed by atoms with Crippen LogP contribution in [0.2, 0.25) is 4.34 Å². The second-order valence-electron chi connectivity index (χ2n) is 3.07. The molecule has 0 saturated heterocycles. The Balaban J connectivity index is 2.39. The highest BCUT2D eigenvalue weighted by Crippen LogP contribution is 2.33. The molecule has 0 aliphatic heterocycles. The first-order valence-corrected chi connectivity index (χ1v) is 6.32. The van der Waals surface area contributed by atoms with Crippen molar-refractivity contribution >= 4 is 44.7 Å². The summed E-state index contributed by atoms with van der Waals surface area (Å²) in [6, 6.07) is 7.23. The van der Waals surface area contributed by atoms with Gasteiger partial charge in [-0.2, -0.15) is 0 Å². The van der Waals surface area contributed by atoms with Crippen LogP contribution < -0.4 is 0 Å². The SMILES string of the molecule is O=C(c1cccc(F)c1)c1cc(Br)c(Cl)s1. The summed E-state index contributed by atoms with van der Waals surface area (Å²) < 4.78 is 14.1. The minimum absolute atomic E-state index is 0.225. The summed E-state index contributed by atoms with van der Waals surface area (Å²) >= 11 is 10.2. The molecule has 0 bridgehead atoms. The van der Waals surface area contributed by atoms with Gasteiger partial charge in [0.15, 0.2) is 0 Å². The lowest BCUT2D eigenvalue weighted by atomic mass is 10.1. The fraction of sp³-hybridized carbons (Fsp3) is 0. The Kier molecular flexibility index (Phi) is 3.42. The lowest BCUT2D eigenvalue weighted by Gasteiger charge is -1.97.